The van der Waals surface area contributed by atoms with E-state index >= 15 is 0 Å². The molecule has 2 aliphatic heterocycles. The van der Waals surface area contributed by atoms with Crippen LogP contribution in [-0.2, 0) is 4.79 Å². The van der Waals surface area contributed by atoms with E-state index in [1.54, 1.807) is 18.9 Å². The van der Waals surface area contributed by atoms with E-state index in [1.807, 2.05) is 60.5 Å². The van der Waals surface area contributed by atoms with E-state index in [0.717, 1.165) is 61.1 Å². The van der Waals surface area contributed by atoms with Crippen molar-refractivity contribution in [1.29, 1.82) is 0 Å². The summed E-state index contributed by atoms with van der Waals surface area (Å²) in [4.78, 5) is 24.2. The Morgan fingerprint density at radius 2 is 1.68 bits per heavy atom. The zero-order valence-corrected chi connectivity index (χ0v) is 22.8. The van der Waals surface area contributed by atoms with Crippen molar-refractivity contribution in [2.75, 3.05) is 25.6 Å². The van der Waals surface area contributed by atoms with Crippen molar-refractivity contribution >= 4 is 58.1 Å². The number of amidine groups is 1. The van der Waals surface area contributed by atoms with Crippen LogP contribution in [-0.4, -0.2) is 36.7 Å². The number of amides is 1. The summed E-state index contributed by atoms with van der Waals surface area (Å²) in [5.74, 6) is 0.825. The van der Waals surface area contributed by atoms with Crippen LogP contribution in [0.3, 0.4) is 0 Å². The van der Waals surface area contributed by atoms with Gasteiger partial charge in [0.15, 0.2) is 5.17 Å². The topological polar surface area (TPSA) is 45.1 Å². The molecule has 0 N–H and O–H groups in total. The second kappa shape index (κ2) is 11.3. The molecule has 3 aromatic carbocycles. The highest BCUT2D eigenvalue weighted by Crippen LogP contribution is 2.51. The molecule has 0 radical (unpaired) electrons. The minimum absolute atomic E-state index is 0.0220. The fraction of sp³-hybridized carbons (Fsp3) is 0.200. The van der Waals surface area contributed by atoms with E-state index in [4.69, 9.17) is 9.73 Å². The van der Waals surface area contributed by atoms with Gasteiger partial charge in [0.25, 0.3) is 5.91 Å². The highest BCUT2D eigenvalue weighted by atomic mass is 32.2. The first kappa shape index (κ1) is 25.2. The van der Waals surface area contributed by atoms with Gasteiger partial charge in [-0.05, 0) is 53.6 Å². The molecule has 5 rings (SSSR count). The molecule has 0 aliphatic carbocycles. The summed E-state index contributed by atoms with van der Waals surface area (Å²) < 4.78 is 5.40. The molecule has 0 unspecified atom stereocenters. The molecule has 0 spiro atoms. The molecule has 1 fully saturated rings. The first-order chi connectivity index (χ1) is 18.1. The van der Waals surface area contributed by atoms with Crippen LogP contribution >= 0.6 is 23.5 Å². The first-order valence-corrected chi connectivity index (χ1v) is 14.0. The fourth-order valence-electron chi connectivity index (χ4n) is 4.11. The minimum Gasteiger partial charge on any atom is -0.497 e. The Kier molecular flexibility index (Phi) is 7.72. The van der Waals surface area contributed by atoms with Crippen LogP contribution in [0.2, 0.25) is 0 Å². The van der Waals surface area contributed by atoms with Crippen LogP contribution in [0, 0.1) is 0 Å². The average molecular weight is 528 g/mol. The van der Waals surface area contributed by atoms with Gasteiger partial charge in [-0.1, -0.05) is 79.7 Å². The number of ether oxygens (including phenoxy) is 1. The molecule has 0 aromatic heterocycles. The smallest absolute Gasteiger partial charge is 0.269 e. The fourth-order valence-corrected chi connectivity index (χ4v) is 6.46. The lowest BCUT2D eigenvalue weighted by atomic mass is 10.1. The number of thioether (sulfide) groups is 2. The largest absolute Gasteiger partial charge is 0.497 e. The van der Waals surface area contributed by atoms with Crippen LogP contribution < -0.4 is 9.64 Å². The van der Waals surface area contributed by atoms with E-state index < -0.39 is 0 Å². The SMILES string of the molecule is CCCCN1C(=O)/C(=C2\Sc3ccc(OC)cc3N2C)SC1=Nc1ccc(/C=C\c2ccccc2)cc1. The van der Waals surface area contributed by atoms with Crippen molar-refractivity contribution in [2.45, 2.75) is 24.7 Å². The Labute approximate surface area is 226 Å². The number of nitrogens with zero attached hydrogens (tertiary/aromatic N) is 3. The van der Waals surface area contributed by atoms with Gasteiger partial charge in [0.2, 0.25) is 0 Å². The van der Waals surface area contributed by atoms with Crippen molar-refractivity contribution in [2.24, 2.45) is 4.99 Å². The summed E-state index contributed by atoms with van der Waals surface area (Å²) in [6, 6.07) is 24.4. The molecule has 188 valence electrons. The van der Waals surface area contributed by atoms with Gasteiger partial charge in [-0.3, -0.25) is 9.69 Å². The predicted octanol–water partition coefficient (Wildman–Crippen LogP) is 7.64. The van der Waals surface area contributed by atoms with E-state index in [9.17, 15) is 4.79 Å². The third kappa shape index (κ3) is 5.48. The van der Waals surface area contributed by atoms with Gasteiger partial charge >= 0.3 is 0 Å². The lowest BCUT2D eigenvalue weighted by Gasteiger charge is -2.16. The Bertz CT molecular complexity index is 1380. The lowest BCUT2D eigenvalue weighted by Crippen LogP contribution is -2.30. The van der Waals surface area contributed by atoms with Gasteiger partial charge in [0, 0.05) is 24.6 Å². The minimum atomic E-state index is 0.0220. The molecule has 3 aromatic rings. The monoisotopic (exact) mass is 527 g/mol. The van der Waals surface area contributed by atoms with E-state index in [2.05, 4.69) is 48.2 Å². The second-order valence-electron chi connectivity index (χ2n) is 8.77. The van der Waals surface area contributed by atoms with Crippen molar-refractivity contribution in [1.82, 2.24) is 4.90 Å². The molecule has 37 heavy (non-hydrogen) atoms. The molecule has 0 saturated carbocycles. The summed E-state index contributed by atoms with van der Waals surface area (Å²) in [6.45, 7) is 2.79. The Morgan fingerprint density at radius 3 is 2.38 bits per heavy atom. The Morgan fingerprint density at radius 1 is 0.946 bits per heavy atom. The number of carbonyl (C=O) groups is 1. The normalized spacial score (nSPS) is 18.4. The summed E-state index contributed by atoms with van der Waals surface area (Å²) in [6.07, 6.45) is 6.13. The average Bonchev–Trinajstić information content (AvgIpc) is 3.42. The number of hydrogen-bond acceptors (Lipinski definition) is 6. The molecule has 2 heterocycles. The van der Waals surface area contributed by atoms with Gasteiger partial charge in [0.1, 0.15) is 10.7 Å². The number of methoxy groups -OCH3 is 1. The molecule has 0 bridgehead atoms. The van der Waals surface area contributed by atoms with Crippen LogP contribution in [0.1, 0.15) is 30.9 Å². The standard InChI is InChI=1S/C30H29N3O2S2/c1-4-5-19-33-28(34)27(29-32(2)25-20-24(35-3)17-18-26(25)36-29)37-30(33)31-23-15-13-22(14-16-23)12-11-21-9-7-6-8-10-21/h6-18,20H,4-5,19H2,1-3H3/b12-11-,29-27+,31-30?. The van der Waals surface area contributed by atoms with E-state index in [0.29, 0.717) is 6.54 Å². The van der Waals surface area contributed by atoms with Crippen molar-refractivity contribution < 1.29 is 9.53 Å². The zero-order chi connectivity index (χ0) is 25.8. The number of hydrogen-bond donors (Lipinski definition) is 0. The molecule has 2 aliphatic rings. The number of unbranched alkanes of at least 4 members (excludes halogenated alkanes) is 1. The second-order valence-corrected chi connectivity index (χ2v) is 10.8. The van der Waals surface area contributed by atoms with Crippen LogP contribution in [0.5, 0.6) is 5.75 Å². The maximum Gasteiger partial charge on any atom is 0.269 e. The van der Waals surface area contributed by atoms with Crippen molar-refractivity contribution in [3.05, 3.63) is 93.9 Å². The summed E-state index contributed by atoms with van der Waals surface area (Å²) in [5, 5.41) is 1.67. The molecule has 5 nitrogen and oxygen atoms in total. The van der Waals surface area contributed by atoms with Crippen LogP contribution in [0.4, 0.5) is 11.4 Å². The molecular formula is C30H29N3O2S2. The lowest BCUT2D eigenvalue weighted by molar-refractivity contribution is -0.122. The summed E-state index contributed by atoms with van der Waals surface area (Å²) in [7, 11) is 3.67. The zero-order valence-electron chi connectivity index (χ0n) is 21.2. The molecule has 7 heteroatoms. The Hall–Kier alpha value is -3.42. The van der Waals surface area contributed by atoms with Gasteiger partial charge in [-0.25, -0.2) is 4.99 Å². The van der Waals surface area contributed by atoms with Crippen molar-refractivity contribution in [3.63, 3.8) is 0 Å². The number of aliphatic imine (C=N–C) groups is 1. The van der Waals surface area contributed by atoms with Gasteiger partial charge in [-0.15, -0.1) is 0 Å². The molecule has 1 saturated heterocycles. The summed E-state index contributed by atoms with van der Waals surface area (Å²) in [5.41, 5.74) is 4.14. The highest BCUT2D eigenvalue weighted by molar-refractivity contribution is 8.19. The maximum atomic E-state index is 13.6. The van der Waals surface area contributed by atoms with Gasteiger partial charge in [0.05, 0.1) is 23.5 Å². The third-order valence-electron chi connectivity index (χ3n) is 6.22. The van der Waals surface area contributed by atoms with Gasteiger partial charge < -0.3 is 9.64 Å². The molecule has 0 atom stereocenters. The van der Waals surface area contributed by atoms with E-state index in [1.165, 1.54) is 11.8 Å². The number of benzene rings is 3. The molecule has 1 amide bonds. The molecular weight excluding hydrogens is 498 g/mol. The number of fused-ring (bicyclic) bond motifs is 1. The quantitative estimate of drug-likeness (QED) is 0.233. The third-order valence-corrected chi connectivity index (χ3v) is 8.65. The Balaban J connectivity index is 1.41. The van der Waals surface area contributed by atoms with Crippen LogP contribution in [0.25, 0.3) is 12.2 Å². The predicted molar refractivity (Wildman–Crippen MR) is 157 cm³/mol. The maximum absolute atomic E-state index is 13.6. The highest BCUT2D eigenvalue weighted by Gasteiger charge is 2.39. The number of anilines is 1. The first-order valence-electron chi connectivity index (χ1n) is 12.3. The number of rotatable bonds is 7. The van der Waals surface area contributed by atoms with Crippen LogP contribution in [0.15, 0.2) is 92.6 Å². The summed E-state index contributed by atoms with van der Waals surface area (Å²) >= 11 is 3.09. The van der Waals surface area contributed by atoms with Crippen molar-refractivity contribution in [3.8, 4) is 5.75 Å². The van der Waals surface area contributed by atoms with E-state index in [-0.39, 0.29) is 5.91 Å². The number of carbonyl (C=O) groups excluding carboxylic acids is 1. The van der Waals surface area contributed by atoms with Gasteiger partial charge in [-0.2, -0.15) is 0 Å².